The third-order valence-electron chi connectivity index (χ3n) is 5.14. The maximum atomic E-state index is 12.4. The lowest BCUT2D eigenvalue weighted by molar-refractivity contribution is 0.174. The molecule has 2 aromatic carbocycles. The van der Waals surface area contributed by atoms with Crippen molar-refractivity contribution in [3.8, 4) is 11.5 Å². The van der Waals surface area contributed by atoms with Crippen LogP contribution in [0.2, 0.25) is 0 Å². The van der Waals surface area contributed by atoms with Gasteiger partial charge in [-0.15, -0.1) is 0 Å². The van der Waals surface area contributed by atoms with Crippen molar-refractivity contribution >= 4 is 11.7 Å². The van der Waals surface area contributed by atoms with E-state index in [0.717, 1.165) is 35.6 Å². The van der Waals surface area contributed by atoms with E-state index in [4.69, 9.17) is 9.47 Å². The van der Waals surface area contributed by atoms with Crippen molar-refractivity contribution in [2.24, 2.45) is 0 Å². The molecule has 0 atom stereocenters. The maximum Gasteiger partial charge on any atom is 0.317 e. The molecule has 0 fully saturated rings. The molecule has 0 radical (unpaired) electrons. The summed E-state index contributed by atoms with van der Waals surface area (Å²) in [7, 11) is 3.92. The van der Waals surface area contributed by atoms with Crippen molar-refractivity contribution in [1.29, 1.82) is 0 Å². The molecule has 2 aromatic rings. The fourth-order valence-corrected chi connectivity index (χ4v) is 3.65. The standard InChI is InChI=1S/C21H25N3O3/c1-23-9-3-4-17-10-15(5-7-18(17)23)12-22-21(25)24(2)13-16-6-8-19-20(11-16)27-14-26-19/h5-8,10-11H,3-4,9,12-14H2,1-2H3,(H,22,25). The molecule has 2 aliphatic heterocycles. The van der Waals surface area contributed by atoms with Crippen molar-refractivity contribution in [3.05, 3.63) is 53.1 Å². The molecular formula is C21H25N3O3. The highest BCUT2D eigenvalue weighted by Crippen LogP contribution is 2.32. The number of nitrogens with one attached hydrogen (secondary N) is 1. The Hall–Kier alpha value is -2.89. The van der Waals surface area contributed by atoms with Crippen LogP contribution in [0.1, 0.15) is 23.1 Å². The van der Waals surface area contributed by atoms with Gasteiger partial charge in [-0.3, -0.25) is 0 Å². The average molecular weight is 367 g/mol. The van der Waals surface area contributed by atoms with E-state index in [-0.39, 0.29) is 12.8 Å². The second kappa shape index (κ2) is 7.39. The SMILES string of the molecule is CN(Cc1ccc2c(c1)OCO2)C(=O)NCc1ccc2c(c1)CCCN2C. The van der Waals surface area contributed by atoms with Gasteiger partial charge in [0.05, 0.1) is 0 Å². The molecule has 0 saturated carbocycles. The number of anilines is 1. The molecule has 142 valence electrons. The number of fused-ring (bicyclic) bond motifs is 2. The summed E-state index contributed by atoms with van der Waals surface area (Å²) in [4.78, 5) is 16.4. The van der Waals surface area contributed by atoms with Crippen molar-refractivity contribution in [2.75, 3.05) is 32.3 Å². The zero-order valence-electron chi connectivity index (χ0n) is 15.8. The summed E-state index contributed by atoms with van der Waals surface area (Å²) < 4.78 is 10.7. The van der Waals surface area contributed by atoms with E-state index < -0.39 is 0 Å². The number of ether oxygens (including phenoxy) is 2. The predicted octanol–water partition coefficient (Wildman–Crippen LogP) is 3.14. The second-order valence-electron chi connectivity index (χ2n) is 7.19. The number of nitrogens with zero attached hydrogens (tertiary/aromatic N) is 2. The molecule has 0 aliphatic carbocycles. The molecule has 4 rings (SSSR count). The first-order valence-corrected chi connectivity index (χ1v) is 9.30. The van der Waals surface area contributed by atoms with Crippen LogP contribution in [-0.2, 0) is 19.5 Å². The van der Waals surface area contributed by atoms with Gasteiger partial charge >= 0.3 is 6.03 Å². The van der Waals surface area contributed by atoms with Crippen molar-refractivity contribution < 1.29 is 14.3 Å². The van der Waals surface area contributed by atoms with E-state index in [1.165, 1.54) is 17.7 Å². The van der Waals surface area contributed by atoms with Crippen molar-refractivity contribution in [3.63, 3.8) is 0 Å². The Kier molecular flexibility index (Phi) is 4.79. The average Bonchev–Trinajstić information content (AvgIpc) is 3.14. The highest BCUT2D eigenvalue weighted by Gasteiger charge is 2.16. The van der Waals surface area contributed by atoms with Crippen LogP contribution in [0.5, 0.6) is 11.5 Å². The first-order chi connectivity index (χ1) is 13.1. The lowest BCUT2D eigenvalue weighted by atomic mass is 9.99. The van der Waals surface area contributed by atoms with Gasteiger partial charge in [0.2, 0.25) is 6.79 Å². The summed E-state index contributed by atoms with van der Waals surface area (Å²) in [6, 6.07) is 12.1. The van der Waals surface area contributed by atoms with Crippen LogP contribution in [0.3, 0.4) is 0 Å². The Morgan fingerprint density at radius 3 is 2.85 bits per heavy atom. The maximum absolute atomic E-state index is 12.4. The minimum Gasteiger partial charge on any atom is -0.454 e. The van der Waals surface area contributed by atoms with Gasteiger partial charge in [0.25, 0.3) is 0 Å². The monoisotopic (exact) mass is 367 g/mol. The van der Waals surface area contributed by atoms with Gasteiger partial charge in [-0.05, 0) is 47.7 Å². The van der Waals surface area contributed by atoms with Crippen LogP contribution >= 0.6 is 0 Å². The van der Waals surface area contributed by atoms with Crippen LogP contribution in [0.15, 0.2) is 36.4 Å². The largest absolute Gasteiger partial charge is 0.454 e. The Labute approximate surface area is 159 Å². The number of urea groups is 1. The van der Waals surface area contributed by atoms with Gasteiger partial charge in [0.15, 0.2) is 11.5 Å². The number of aryl methyl sites for hydroxylation is 1. The van der Waals surface area contributed by atoms with Crippen LogP contribution in [-0.4, -0.2) is 38.4 Å². The van der Waals surface area contributed by atoms with Gasteiger partial charge in [-0.2, -0.15) is 0 Å². The summed E-state index contributed by atoms with van der Waals surface area (Å²) in [6.07, 6.45) is 2.28. The van der Waals surface area contributed by atoms with Crippen LogP contribution in [0.25, 0.3) is 0 Å². The second-order valence-corrected chi connectivity index (χ2v) is 7.19. The summed E-state index contributed by atoms with van der Waals surface area (Å²) >= 11 is 0. The fourth-order valence-electron chi connectivity index (χ4n) is 3.65. The first kappa shape index (κ1) is 17.5. The molecule has 6 heteroatoms. The van der Waals surface area contributed by atoms with Gasteiger partial charge < -0.3 is 24.6 Å². The highest BCUT2D eigenvalue weighted by atomic mass is 16.7. The molecular weight excluding hydrogens is 342 g/mol. The zero-order chi connectivity index (χ0) is 18.8. The number of hydrogen-bond acceptors (Lipinski definition) is 4. The van der Waals surface area contributed by atoms with Crippen LogP contribution in [0.4, 0.5) is 10.5 Å². The summed E-state index contributed by atoms with van der Waals surface area (Å²) in [5, 5.41) is 3.01. The number of amides is 2. The van der Waals surface area contributed by atoms with E-state index in [0.29, 0.717) is 13.1 Å². The molecule has 0 saturated heterocycles. The van der Waals surface area contributed by atoms with Crippen LogP contribution in [0, 0.1) is 0 Å². The normalized spacial score (nSPS) is 14.7. The molecule has 0 bridgehead atoms. The third-order valence-corrected chi connectivity index (χ3v) is 5.14. The molecule has 2 amide bonds. The predicted molar refractivity (Wildman–Crippen MR) is 104 cm³/mol. The third kappa shape index (κ3) is 3.79. The van der Waals surface area contributed by atoms with Gasteiger partial charge in [-0.25, -0.2) is 4.79 Å². The van der Waals surface area contributed by atoms with Crippen LogP contribution < -0.4 is 19.7 Å². The Balaban J connectivity index is 1.33. The molecule has 2 heterocycles. The van der Waals surface area contributed by atoms with Crippen molar-refractivity contribution in [2.45, 2.75) is 25.9 Å². The van der Waals surface area contributed by atoms with Crippen molar-refractivity contribution in [1.82, 2.24) is 10.2 Å². The Morgan fingerprint density at radius 2 is 1.96 bits per heavy atom. The van der Waals surface area contributed by atoms with Gasteiger partial charge in [0, 0.05) is 39.4 Å². The topological polar surface area (TPSA) is 54.0 Å². The van der Waals surface area contributed by atoms with E-state index in [1.54, 1.807) is 11.9 Å². The summed E-state index contributed by atoms with van der Waals surface area (Å²) in [5.74, 6) is 1.49. The Bertz CT molecular complexity index is 853. The first-order valence-electron chi connectivity index (χ1n) is 9.30. The number of benzene rings is 2. The fraction of sp³-hybridized carbons (Fsp3) is 0.381. The minimum absolute atomic E-state index is 0.0949. The van der Waals surface area contributed by atoms with E-state index in [1.807, 2.05) is 18.2 Å². The molecule has 1 N–H and O–H groups in total. The molecule has 0 spiro atoms. The quantitative estimate of drug-likeness (QED) is 0.902. The lowest BCUT2D eigenvalue weighted by Crippen LogP contribution is -2.36. The zero-order valence-corrected chi connectivity index (χ0v) is 15.8. The number of carbonyl (C=O) groups is 1. The number of hydrogen-bond donors (Lipinski definition) is 1. The molecule has 0 aromatic heterocycles. The molecule has 6 nitrogen and oxygen atoms in total. The van der Waals surface area contributed by atoms with E-state index >= 15 is 0 Å². The highest BCUT2D eigenvalue weighted by molar-refractivity contribution is 5.74. The summed E-state index contributed by atoms with van der Waals surface area (Å²) in [5.41, 5.74) is 4.81. The number of rotatable bonds is 4. The lowest BCUT2D eigenvalue weighted by Gasteiger charge is -2.28. The molecule has 0 unspecified atom stereocenters. The smallest absolute Gasteiger partial charge is 0.317 e. The van der Waals surface area contributed by atoms with Gasteiger partial charge in [-0.1, -0.05) is 18.2 Å². The molecule has 2 aliphatic rings. The number of carbonyl (C=O) groups excluding carboxylic acids is 1. The van der Waals surface area contributed by atoms with E-state index in [2.05, 4.69) is 35.5 Å². The molecule has 27 heavy (non-hydrogen) atoms. The Morgan fingerprint density at radius 1 is 1.15 bits per heavy atom. The minimum atomic E-state index is -0.0949. The summed E-state index contributed by atoms with van der Waals surface area (Å²) in [6.45, 7) is 2.40. The van der Waals surface area contributed by atoms with Gasteiger partial charge in [0.1, 0.15) is 0 Å². The van der Waals surface area contributed by atoms with E-state index in [9.17, 15) is 4.79 Å².